The number of hydrogen-bond acceptors (Lipinski definition) is 8. The molecule has 0 saturated heterocycles. The number of aliphatic hydroxyl groups excluding tert-OH is 2. The van der Waals surface area contributed by atoms with E-state index in [0.29, 0.717) is 65.5 Å². The van der Waals surface area contributed by atoms with Crippen LogP contribution in [0.15, 0.2) is 35.2 Å². The Balaban J connectivity index is 2.33. The van der Waals surface area contributed by atoms with E-state index < -0.39 is 11.4 Å². The van der Waals surface area contributed by atoms with E-state index in [9.17, 15) is 25.2 Å². The first-order valence-electron chi connectivity index (χ1n) is 17.3. The molecule has 0 aliphatic heterocycles. The molecule has 260 valence electrons. The van der Waals surface area contributed by atoms with Crippen LogP contribution < -0.4 is 0 Å². The summed E-state index contributed by atoms with van der Waals surface area (Å²) >= 11 is 4.41. The summed E-state index contributed by atoms with van der Waals surface area (Å²) in [6, 6.07) is 8.80. The van der Waals surface area contributed by atoms with Crippen molar-refractivity contribution >= 4 is 18.6 Å². The highest BCUT2D eigenvalue weighted by atomic mass is 32.1. The minimum atomic E-state index is -0.834. The van der Waals surface area contributed by atoms with Crippen molar-refractivity contribution in [3.05, 3.63) is 52.6 Å². The molecule has 46 heavy (non-hydrogen) atoms. The van der Waals surface area contributed by atoms with Gasteiger partial charge in [-0.25, -0.2) is 4.79 Å². The molecule has 8 heteroatoms. The summed E-state index contributed by atoms with van der Waals surface area (Å²) in [4.78, 5) is 15.8. The maximum atomic E-state index is 13.4. The van der Waals surface area contributed by atoms with Gasteiger partial charge in [-0.1, -0.05) is 85.8 Å². The number of phenols is 2. The van der Waals surface area contributed by atoms with Gasteiger partial charge in [0.1, 0.15) is 11.5 Å². The molecule has 1 atom stereocenters. The number of unbranched alkanes of at least 4 members (excludes halogenated alkanes) is 3. The Hall–Kier alpha value is -2.26. The number of para-hydroxylation sites is 1. The fraction of sp³-hybridized carbons (Fsp3) is 0.658. The lowest BCUT2D eigenvalue weighted by Gasteiger charge is -2.34. The van der Waals surface area contributed by atoms with Gasteiger partial charge in [0.25, 0.3) is 0 Å². The number of aromatic hydroxyl groups is 2. The van der Waals surface area contributed by atoms with Gasteiger partial charge in [0.15, 0.2) is 0 Å². The molecule has 1 unspecified atom stereocenters. The smallest absolute Gasteiger partial charge is 0.338 e. The van der Waals surface area contributed by atoms with Gasteiger partial charge in [0, 0.05) is 41.1 Å². The maximum Gasteiger partial charge on any atom is 0.338 e. The van der Waals surface area contributed by atoms with Crippen LogP contribution in [0.4, 0.5) is 0 Å². The number of benzene rings is 2. The molecule has 4 N–H and O–H groups in total. The number of hydrogen-bond donors (Lipinski definition) is 5. The second-order valence-corrected chi connectivity index (χ2v) is 14.4. The molecule has 0 saturated carbocycles. The van der Waals surface area contributed by atoms with Crippen LogP contribution in [0.2, 0.25) is 0 Å². The van der Waals surface area contributed by atoms with Crippen LogP contribution >= 0.6 is 12.6 Å². The molecule has 2 aromatic rings. The van der Waals surface area contributed by atoms with E-state index in [4.69, 9.17) is 4.74 Å². The third kappa shape index (κ3) is 11.5. The fourth-order valence-corrected chi connectivity index (χ4v) is 6.92. The van der Waals surface area contributed by atoms with Crippen LogP contribution in [0.25, 0.3) is 0 Å². The predicted octanol–water partition coefficient (Wildman–Crippen LogP) is 7.89. The Bertz CT molecular complexity index is 1210. The average molecular weight is 660 g/mol. The molecule has 2 aromatic carbocycles. The minimum absolute atomic E-state index is 0.00419. The number of carbonyl (C=O) groups excluding carboxylic acids is 1. The number of phenolic OH excluding ortho intramolecular Hbond substituents is 2. The second-order valence-electron chi connectivity index (χ2n) is 13.9. The zero-order valence-corrected chi connectivity index (χ0v) is 30.2. The third-order valence-electron chi connectivity index (χ3n) is 9.74. The van der Waals surface area contributed by atoms with Gasteiger partial charge in [-0.05, 0) is 67.2 Å². The first-order chi connectivity index (χ1) is 21.8. The number of carbonyl (C=O) groups is 1. The summed E-state index contributed by atoms with van der Waals surface area (Å²) in [5.41, 5.74) is 1.62. The molecule has 0 radical (unpaired) electrons. The van der Waals surface area contributed by atoms with Gasteiger partial charge in [0.05, 0.1) is 25.4 Å². The number of aliphatic hydroxyl groups is 2. The molecule has 0 heterocycles. The molecule has 0 spiro atoms. The lowest BCUT2D eigenvalue weighted by atomic mass is 9.71. The van der Waals surface area contributed by atoms with Crippen LogP contribution in [0, 0.1) is 11.3 Å². The van der Waals surface area contributed by atoms with Crippen molar-refractivity contribution in [2.24, 2.45) is 11.3 Å². The first kappa shape index (κ1) is 39.9. The SMILES string of the molecule is CCCCCCC(C)(C)C(CC)CCCc1cc(C(=O)OCCCN(CCO)CCO)cc(C(C)(C)c2cccc(S)c2O)c1O. The van der Waals surface area contributed by atoms with Crippen molar-refractivity contribution in [3.63, 3.8) is 0 Å². The monoisotopic (exact) mass is 659 g/mol. The van der Waals surface area contributed by atoms with E-state index in [1.807, 2.05) is 30.9 Å². The zero-order chi connectivity index (χ0) is 34.3. The Morgan fingerprint density at radius 2 is 1.59 bits per heavy atom. The highest BCUT2D eigenvalue weighted by molar-refractivity contribution is 7.80. The molecule has 0 fully saturated rings. The Morgan fingerprint density at radius 1 is 0.891 bits per heavy atom. The van der Waals surface area contributed by atoms with Crippen molar-refractivity contribution < 1.29 is 30.0 Å². The van der Waals surface area contributed by atoms with Crippen molar-refractivity contribution in [2.75, 3.05) is 39.5 Å². The molecule has 2 rings (SSSR count). The Kier molecular flexibility index (Phi) is 17.0. The highest BCUT2D eigenvalue weighted by Gasteiger charge is 2.32. The molecule has 7 nitrogen and oxygen atoms in total. The van der Waals surface area contributed by atoms with Crippen molar-refractivity contribution in [1.82, 2.24) is 4.90 Å². The lowest BCUT2D eigenvalue weighted by Crippen LogP contribution is -2.31. The maximum absolute atomic E-state index is 13.4. The van der Waals surface area contributed by atoms with Crippen LogP contribution in [-0.4, -0.2) is 70.8 Å². The molecule has 0 bridgehead atoms. The lowest BCUT2D eigenvalue weighted by molar-refractivity contribution is 0.0481. The summed E-state index contributed by atoms with van der Waals surface area (Å²) in [7, 11) is 0. The molecular weight excluding hydrogens is 598 g/mol. The van der Waals surface area contributed by atoms with E-state index in [1.54, 1.807) is 18.2 Å². The third-order valence-corrected chi connectivity index (χ3v) is 10.1. The molecule has 0 aliphatic rings. The summed E-state index contributed by atoms with van der Waals surface area (Å²) < 4.78 is 5.67. The predicted molar refractivity (Wildman–Crippen MR) is 190 cm³/mol. The van der Waals surface area contributed by atoms with Crippen molar-refractivity contribution in [2.45, 2.75) is 116 Å². The van der Waals surface area contributed by atoms with Gasteiger partial charge < -0.3 is 25.2 Å². The number of aryl methyl sites for hydroxylation is 1. The van der Waals surface area contributed by atoms with Gasteiger partial charge in [-0.2, -0.15) is 0 Å². The normalized spacial score (nSPS) is 12.9. The summed E-state index contributed by atoms with van der Waals surface area (Å²) in [5, 5.41) is 41.1. The zero-order valence-electron chi connectivity index (χ0n) is 29.3. The standard InChI is InChI=1S/C38H61NO6S/c1-7-9-10-11-19-37(3,4)30(8-2)16-12-15-28-26-29(36(44)45-25-14-20-39(21-23-40)22-24-41)27-32(34(28)42)38(5,6)31-17-13-18-33(46)35(31)43/h13,17-18,26-27,30,40-43,46H,7-12,14-16,19-25H2,1-6H3. The summed E-state index contributed by atoms with van der Waals surface area (Å²) in [6.07, 6.45) is 10.5. The summed E-state index contributed by atoms with van der Waals surface area (Å²) in [6.45, 7) is 14.8. The molecular formula is C38H61NO6S. The van der Waals surface area contributed by atoms with Gasteiger partial charge in [0.2, 0.25) is 0 Å². The topological polar surface area (TPSA) is 110 Å². The summed E-state index contributed by atoms with van der Waals surface area (Å²) in [5.74, 6) is 0.278. The van der Waals surface area contributed by atoms with E-state index in [1.165, 1.54) is 32.1 Å². The van der Waals surface area contributed by atoms with E-state index in [2.05, 4.69) is 40.3 Å². The van der Waals surface area contributed by atoms with E-state index >= 15 is 0 Å². The first-order valence-corrected chi connectivity index (χ1v) is 17.8. The molecule has 0 aliphatic carbocycles. The van der Waals surface area contributed by atoms with E-state index in [-0.39, 0.29) is 36.7 Å². The van der Waals surface area contributed by atoms with Crippen LogP contribution in [-0.2, 0) is 16.6 Å². The molecule has 0 aromatic heterocycles. The average Bonchev–Trinajstić information content (AvgIpc) is 3.01. The van der Waals surface area contributed by atoms with Crippen LogP contribution in [0.5, 0.6) is 11.5 Å². The number of nitrogens with zero attached hydrogens (tertiary/aromatic N) is 1. The fourth-order valence-electron chi connectivity index (χ4n) is 6.71. The number of ether oxygens (including phenoxy) is 1. The van der Waals surface area contributed by atoms with Crippen molar-refractivity contribution in [3.8, 4) is 11.5 Å². The second kappa shape index (κ2) is 19.5. The van der Waals surface area contributed by atoms with Crippen LogP contribution in [0.3, 0.4) is 0 Å². The Labute approximate surface area is 283 Å². The van der Waals surface area contributed by atoms with Gasteiger partial charge in [-0.15, -0.1) is 12.6 Å². The largest absolute Gasteiger partial charge is 0.507 e. The van der Waals surface area contributed by atoms with Crippen molar-refractivity contribution in [1.29, 1.82) is 0 Å². The number of esters is 1. The van der Waals surface area contributed by atoms with Gasteiger partial charge >= 0.3 is 5.97 Å². The van der Waals surface area contributed by atoms with Crippen LogP contribution in [0.1, 0.15) is 126 Å². The number of thiol groups is 1. The number of rotatable bonds is 22. The van der Waals surface area contributed by atoms with Gasteiger partial charge in [-0.3, -0.25) is 4.90 Å². The Morgan fingerprint density at radius 3 is 2.22 bits per heavy atom. The minimum Gasteiger partial charge on any atom is -0.507 e. The molecule has 0 amide bonds. The quantitative estimate of drug-likeness (QED) is 0.0497. The van der Waals surface area contributed by atoms with E-state index in [0.717, 1.165) is 19.3 Å². The highest BCUT2D eigenvalue weighted by Crippen LogP contribution is 2.45.